The molecule has 3 rings (SSSR count). The molecule has 3 aromatic rings. The summed E-state index contributed by atoms with van der Waals surface area (Å²) in [5, 5.41) is 12.6. The van der Waals surface area contributed by atoms with E-state index in [4.69, 9.17) is 0 Å². The highest BCUT2D eigenvalue weighted by molar-refractivity contribution is 5.77. The zero-order chi connectivity index (χ0) is 14.5. The van der Waals surface area contributed by atoms with Gasteiger partial charge in [-0.1, -0.05) is 36.4 Å². The van der Waals surface area contributed by atoms with Crippen molar-refractivity contribution >= 4 is 11.6 Å². The number of anilines is 2. The molecule has 0 bridgehead atoms. The molecule has 21 heavy (non-hydrogen) atoms. The largest absolute Gasteiger partial charge is 0.324 e. The van der Waals surface area contributed by atoms with Crippen LogP contribution in [0.2, 0.25) is 0 Å². The molecular weight excluding hydrogens is 260 g/mol. The molecule has 0 unspecified atom stereocenters. The average Bonchev–Trinajstić information content (AvgIpc) is 2.56. The first-order valence-corrected chi connectivity index (χ1v) is 6.51. The molecule has 0 fully saturated rings. The normalized spacial score (nSPS) is 9.86. The molecule has 0 aliphatic carbocycles. The third kappa shape index (κ3) is 2.72. The number of nitrogens with one attached hydrogen (secondary N) is 1. The van der Waals surface area contributed by atoms with Gasteiger partial charge in [0.05, 0.1) is 0 Å². The molecule has 2 aromatic heterocycles. The van der Waals surface area contributed by atoms with Gasteiger partial charge in [-0.2, -0.15) is 5.26 Å². The van der Waals surface area contributed by atoms with Crippen molar-refractivity contribution in [2.24, 2.45) is 0 Å². The van der Waals surface area contributed by atoms with Crippen molar-refractivity contribution in [2.45, 2.75) is 0 Å². The summed E-state index contributed by atoms with van der Waals surface area (Å²) in [6.45, 7) is 0. The number of rotatable bonds is 3. The fourth-order valence-corrected chi connectivity index (χ4v) is 2.09. The monoisotopic (exact) mass is 272 g/mol. The number of nitriles is 1. The fourth-order valence-electron chi connectivity index (χ4n) is 2.09. The lowest BCUT2D eigenvalue weighted by molar-refractivity contribution is 1.24. The van der Waals surface area contributed by atoms with Gasteiger partial charge in [0, 0.05) is 18.0 Å². The third-order valence-corrected chi connectivity index (χ3v) is 3.06. The van der Waals surface area contributed by atoms with E-state index in [1.54, 1.807) is 12.4 Å². The van der Waals surface area contributed by atoms with E-state index in [2.05, 4.69) is 21.4 Å². The smallest absolute Gasteiger partial charge is 0.150 e. The van der Waals surface area contributed by atoms with E-state index in [9.17, 15) is 5.26 Å². The average molecular weight is 272 g/mol. The van der Waals surface area contributed by atoms with Crippen LogP contribution in [0.25, 0.3) is 11.1 Å². The zero-order valence-electron chi connectivity index (χ0n) is 11.2. The van der Waals surface area contributed by atoms with Crippen LogP contribution >= 0.6 is 0 Å². The van der Waals surface area contributed by atoms with Crippen molar-refractivity contribution in [3.63, 3.8) is 0 Å². The van der Waals surface area contributed by atoms with Crippen LogP contribution in [0.3, 0.4) is 0 Å². The molecule has 4 heteroatoms. The van der Waals surface area contributed by atoms with E-state index >= 15 is 0 Å². The first-order valence-electron chi connectivity index (χ1n) is 6.51. The van der Waals surface area contributed by atoms with E-state index in [0.29, 0.717) is 17.2 Å². The SMILES string of the molecule is N#Cc1c(-c2ccccc2)ccnc1Nc1ccccn1. The number of nitrogens with zero attached hydrogens (tertiary/aromatic N) is 3. The van der Waals surface area contributed by atoms with Crippen LogP contribution < -0.4 is 5.32 Å². The molecular formula is C17H12N4. The van der Waals surface area contributed by atoms with E-state index < -0.39 is 0 Å². The van der Waals surface area contributed by atoms with Gasteiger partial charge in [0.2, 0.25) is 0 Å². The van der Waals surface area contributed by atoms with E-state index in [1.165, 1.54) is 0 Å². The Labute approximate surface area is 122 Å². The summed E-state index contributed by atoms with van der Waals surface area (Å²) in [7, 11) is 0. The second kappa shape index (κ2) is 5.85. The molecule has 100 valence electrons. The van der Waals surface area contributed by atoms with Crippen molar-refractivity contribution < 1.29 is 0 Å². The maximum absolute atomic E-state index is 9.49. The Balaban J connectivity index is 2.05. The lowest BCUT2D eigenvalue weighted by atomic mass is 10.0. The molecule has 0 amide bonds. The third-order valence-electron chi connectivity index (χ3n) is 3.06. The van der Waals surface area contributed by atoms with Gasteiger partial charge in [0.1, 0.15) is 23.3 Å². The Kier molecular flexibility index (Phi) is 3.57. The molecule has 0 radical (unpaired) electrons. The minimum Gasteiger partial charge on any atom is -0.324 e. The number of benzene rings is 1. The van der Waals surface area contributed by atoms with Gasteiger partial charge in [-0.05, 0) is 23.8 Å². The summed E-state index contributed by atoms with van der Waals surface area (Å²) < 4.78 is 0. The lowest BCUT2D eigenvalue weighted by Gasteiger charge is -2.10. The van der Waals surface area contributed by atoms with Crippen LogP contribution in [0, 0.1) is 11.3 Å². The molecule has 1 N–H and O–H groups in total. The Hall–Kier alpha value is -3.19. The highest BCUT2D eigenvalue weighted by Gasteiger charge is 2.11. The molecule has 4 nitrogen and oxygen atoms in total. The molecule has 2 heterocycles. The van der Waals surface area contributed by atoms with Crippen molar-refractivity contribution in [1.82, 2.24) is 9.97 Å². The summed E-state index contributed by atoms with van der Waals surface area (Å²) >= 11 is 0. The van der Waals surface area contributed by atoms with Crippen molar-refractivity contribution in [3.05, 3.63) is 72.6 Å². The number of aromatic nitrogens is 2. The van der Waals surface area contributed by atoms with Crippen LogP contribution in [-0.2, 0) is 0 Å². The zero-order valence-corrected chi connectivity index (χ0v) is 11.2. The first kappa shape index (κ1) is 12.8. The van der Waals surface area contributed by atoms with Crippen molar-refractivity contribution in [2.75, 3.05) is 5.32 Å². The summed E-state index contributed by atoms with van der Waals surface area (Å²) in [5.41, 5.74) is 2.35. The maximum Gasteiger partial charge on any atom is 0.150 e. The van der Waals surface area contributed by atoms with Crippen LogP contribution in [0.15, 0.2) is 67.0 Å². The number of hydrogen-bond donors (Lipinski definition) is 1. The predicted molar refractivity (Wildman–Crippen MR) is 81.9 cm³/mol. The van der Waals surface area contributed by atoms with Crippen LogP contribution in [0.4, 0.5) is 11.6 Å². The first-order chi connectivity index (χ1) is 10.4. The summed E-state index contributed by atoms with van der Waals surface area (Å²) in [6.07, 6.45) is 3.38. The van der Waals surface area contributed by atoms with Gasteiger partial charge in [0.15, 0.2) is 0 Å². The molecule has 0 spiro atoms. The van der Waals surface area contributed by atoms with Gasteiger partial charge in [-0.25, -0.2) is 9.97 Å². The minimum atomic E-state index is 0.509. The molecule has 1 aromatic carbocycles. The second-order valence-electron chi connectivity index (χ2n) is 4.40. The Morgan fingerprint density at radius 3 is 2.38 bits per heavy atom. The van der Waals surface area contributed by atoms with Gasteiger partial charge in [-0.3, -0.25) is 0 Å². The van der Waals surface area contributed by atoms with Gasteiger partial charge >= 0.3 is 0 Å². The highest BCUT2D eigenvalue weighted by Crippen LogP contribution is 2.28. The fraction of sp³-hybridized carbons (Fsp3) is 0. The standard InChI is InChI=1S/C17H12N4/c18-12-15-14(13-6-2-1-3-7-13)9-11-20-17(15)21-16-8-4-5-10-19-16/h1-11H,(H,19,20,21). The van der Waals surface area contributed by atoms with E-state index in [-0.39, 0.29) is 0 Å². The summed E-state index contributed by atoms with van der Waals surface area (Å²) in [4.78, 5) is 8.45. The highest BCUT2D eigenvalue weighted by atomic mass is 15.0. The minimum absolute atomic E-state index is 0.509. The van der Waals surface area contributed by atoms with Crippen molar-refractivity contribution in [3.8, 4) is 17.2 Å². The van der Waals surface area contributed by atoms with Crippen LogP contribution in [0.5, 0.6) is 0 Å². The Bertz CT molecular complexity index is 777. The Morgan fingerprint density at radius 1 is 0.857 bits per heavy atom. The Morgan fingerprint density at radius 2 is 1.67 bits per heavy atom. The van der Waals surface area contributed by atoms with Crippen molar-refractivity contribution in [1.29, 1.82) is 5.26 Å². The summed E-state index contributed by atoms with van der Waals surface area (Å²) in [5.74, 6) is 1.17. The van der Waals surface area contributed by atoms with Crippen LogP contribution in [-0.4, -0.2) is 9.97 Å². The quantitative estimate of drug-likeness (QED) is 0.788. The van der Waals surface area contributed by atoms with E-state index in [1.807, 2.05) is 54.6 Å². The van der Waals surface area contributed by atoms with Gasteiger partial charge in [-0.15, -0.1) is 0 Å². The van der Waals surface area contributed by atoms with Crippen LogP contribution in [0.1, 0.15) is 5.56 Å². The number of pyridine rings is 2. The van der Waals surface area contributed by atoms with Gasteiger partial charge in [0.25, 0.3) is 0 Å². The lowest BCUT2D eigenvalue weighted by Crippen LogP contribution is -1.99. The molecule has 0 saturated carbocycles. The topological polar surface area (TPSA) is 61.6 Å². The molecule has 0 aliphatic heterocycles. The second-order valence-corrected chi connectivity index (χ2v) is 4.40. The molecule has 0 aliphatic rings. The predicted octanol–water partition coefficient (Wildman–Crippen LogP) is 3.76. The molecule has 0 atom stereocenters. The summed E-state index contributed by atoms with van der Waals surface area (Å²) in [6, 6.07) is 19.4. The van der Waals surface area contributed by atoms with Gasteiger partial charge < -0.3 is 5.32 Å². The maximum atomic E-state index is 9.49. The van der Waals surface area contributed by atoms with E-state index in [0.717, 1.165) is 11.1 Å². The number of hydrogen-bond acceptors (Lipinski definition) is 4. The molecule has 0 saturated heterocycles.